The normalized spacial score (nSPS) is 11.4. The van der Waals surface area contributed by atoms with Crippen molar-refractivity contribution < 1.29 is 27.5 Å². The molecule has 0 saturated carbocycles. The molecule has 3 aromatic rings. The molecule has 0 aliphatic rings. The van der Waals surface area contributed by atoms with Crippen LogP contribution in [-0.4, -0.2) is 26.2 Å². The van der Waals surface area contributed by atoms with E-state index >= 15 is 0 Å². The summed E-state index contributed by atoms with van der Waals surface area (Å²) in [6.45, 7) is 0. The van der Waals surface area contributed by atoms with Crippen LogP contribution in [0.4, 0.5) is 29.2 Å². The number of benzene rings is 1. The topological polar surface area (TPSA) is 117 Å². The number of nitrogens with two attached hydrogens (primary N) is 1. The van der Waals surface area contributed by atoms with Crippen molar-refractivity contribution in [2.24, 2.45) is 0 Å². The molecule has 0 fully saturated rings. The molecule has 0 saturated heterocycles. The van der Waals surface area contributed by atoms with Gasteiger partial charge in [0.1, 0.15) is 11.4 Å². The second kappa shape index (κ2) is 6.59. The molecule has 1 amide bonds. The van der Waals surface area contributed by atoms with E-state index in [4.69, 9.17) is 5.73 Å². The van der Waals surface area contributed by atoms with Crippen molar-refractivity contribution in [3.63, 3.8) is 0 Å². The zero-order valence-electron chi connectivity index (χ0n) is 13.3. The van der Waals surface area contributed by atoms with E-state index in [1.165, 1.54) is 12.1 Å². The number of rotatable bonds is 3. The van der Waals surface area contributed by atoms with E-state index in [1.54, 1.807) is 0 Å². The van der Waals surface area contributed by atoms with Gasteiger partial charge in [0, 0.05) is 11.8 Å². The quantitative estimate of drug-likeness (QED) is 0.520. The van der Waals surface area contributed by atoms with E-state index < -0.39 is 29.2 Å². The number of para-hydroxylation sites is 1. The first-order valence-electron chi connectivity index (χ1n) is 7.34. The molecule has 5 N–H and O–H groups in total. The van der Waals surface area contributed by atoms with E-state index in [2.05, 4.69) is 20.5 Å². The van der Waals surface area contributed by atoms with Gasteiger partial charge in [0.15, 0.2) is 17.4 Å². The molecule has 7 nitrogen and oxygen atoms in total. The van der Waals surface area contributed by atoms with Crippen LogP contribution in [0, 0.1) is 5.82 Å². The number of nitrogens with one attached hydrogen (secondary N) is 2. The summed E-state index contributed by atoms with van der Waals surface area (Å²) in [5.41, 5.74) is 4.33. The first kappa shape index (κ1) is 18.2. The van der Waals surface area contributed by atoms with Gasteiger partial charge >= 0.3 is 6.18 Å². The lowest BCUT2D eigenvalue weighted by molar-refractivity contribution is -0.137. The van der Waals surface area contributed by atoms with Crippen molar-refractivity contribution >= 4 is 17.5 Å². The first-order valence-corrected chi connectivity index (χ1v) is 7.34. The van der Waals surface area contributed by atoms with Gasteiger partial charge in [-0.15, -0.1) is 0 Å². The number of anilines is 2. The van der Waals surface area contributed by atoms with E-state index in [0.29, 0.717) is 6.20 Å². The Balaban J connectivity index is 1.92. The Morgan fingerprint density at radius 1 is 1.22 bits per heavy atom. The molecular formula is C16H11F4N5O2. The minimum Gasteiger partial charge on any atom is -0.504 e. The number of H-pyrrole nitrogens is 1. The van der Waals surface area contributed by atoms with Crippen LogP contribution < -0.4 is 11.1 Å². The minimum atomic E-state index is -4.56. The van der Waals surface area contributed by atoms with Gasteiger partial charge in [-0.05, 0) is 24.3 Å². The highest BCUT2D eigenvalue weighted by Crippen LogP contribution is 2.34. The number of aromatic hydroxyl groups is 1. The maximum Gasteiger partial charge on any atom is 0.417 e. The SMILES string of the molecule is Nc1n[nH]c(-c2cccc(F)c2O)c1C(=O)Nc1ccc(C(F)(F)F)cn1. The molecule has 2 heterocycles. The van der Waals surface area contributed by atoms with Crippen molar-refractivity contribution in [1.29, 1.82) is 0 Å². The average Bonchev–Trinajstić information content (AvgIpc) is 2.98. The van der Waals surface area contributed by atoms with Crippen LogP contribution in [-0.2, 0) is 6.18 Å². The van der Waals surface area contributed by atoms with Crippen LogP contribution in [0.5, 0.6) is 5.75 Å². The van der Waals surface area contributed by atoms with Gasteiger partial charge in [-0.3, -0.25) is 9.89 Å². The standard InChI is InChI=1S/C16H11F4N5O2/c17-9-3-1-2-8(13(9)26)12-11(14(21)25-24-12)15(27)23-10-5-4-7(6-22-10)16(18,19)20/h1-6,26H,(H3,21,24,25)(H,22,23,27). The molecule has 0 aliphatic heterocycles. The molecule has 11 heteroatoms. The highest BCUT2D eigenvalue weighted by Gasteiger charge is 2.31. The molecule has 1 aromatic carbocycles. The fourth-order valence-corrected chi connectivity index (χ4v) is 2.31. The highest BCUT2D eigenvalue weighted by molar-refractivity contribution is 6.11. The number of amides is 1. The summed E-state index contributed by atoms with van der Waals surface area (Å²) >= 11 is 0. The number of aromatic nitrogens is 3. The second-order valence-electron chi connectivity index (χ2n) is 5.38. The molecule has 0 spiro atoms. The molecule has 0 bridgehead atoms. The number of carbonyl (C=O) groups is 1. The molecule has 27 heavy (non-hydrogen) atoms. The minimum absolute atomic E-state index is 0.0612. The van der Waals surface area contributed by atoms with Crippen LogP contribution in [0.25, 0.3) is 11.3 Å². The Hall–Kier alpha value is -3.63. The Labute approximate surface area is 148 Å². The summed E-state index contributed by atoms with van der Waals surface area (Å²) in [6.07, 6.45) is -4.00. The zero-order chi connectivity index (χ0) is 19.8. The van der Waals surface area contributed by atoms with Crippen molar-refractivity contribution in [2.45, 2.75) is 6.18 Å². The Morgan fingerprint density at radius 2 is 1.96 bits per heavy atom. The lowest BCUT2D eigenvalue weighted by Crippen LogP contribution is -2.15. The summed E-state index contributed by atoms with van der Waals surface area (Å²) in [5, 5.41) is 18.2. The van der Waals surface area contributed by atoms with Gasteiger partial charge in [0.05, 0.1) is 11.3 Å². The van der Waals surface area contributed by atoms with E-state index in [1.807, 2.05) is 0 Å². The summed E-state index contributed by atoms with van der Waals surface area (Å²) in [4.78, 5) is 16.0. The van der Waals surface area contributed by atoms with E-state index in [0.717, 1.165) is 18.2 Å². The fraction of sp³-hybridized carbons (Fsp3) is 0.0625. The predicted molar refractivity (Wildman–Crippen MR) is 87.3 cm³/mol. The molecule has 2 aromatic heterocycles. The number of phenolic OH excluding ortho intramolecular Hbond substituents is 1. The van der Waals surface area contributed by atoms with Crippen LogP contribution >= 0.6 is 0 Å². The lowest BCUT2D eigenvalue weighted by Gasteiger charge is -2.09. The molecule has 0 radical (unpaired) electrons. The van der Waals surface area contributed by atoms with E-state index in [-0.39, 0.29) is 28.5 Å². The van der Waals surface area contributed by atoms with Crippen molar-refractivity contribution in [3.05, 3.63) is 53.5 Å². The number of nitrogens with zero attached hydrogens (tertiary/aromatic N) is 2. The number of pyridine rings is 1. The molecule has 0 atom stereocenters. The summed E-state index contributed by atoms with van der Waals surface area (Å²) in [6, 6.07) is 5.38. The number of nitrogen functional groups attached to an aromatic ring is 1. The number of halogens is 4. The number of aromatic amines is 1. The average molecular weight is 381 g/mol. The fourth-order valence-electron chi connectivity index (χ4n) is 2.31. The molecular weight excluding hydrogens is 370 g/mol. The Morgan fingerprint density at radius 3 is 2.59 bits per heavy atom. The molecule has 3 rings (SSSR count). The van der Waals surface area contributed by atoms with Gasteiger partial charge in [-0.25, -0.2) is 9.37 Å². The maximum absolute atomic E-state index is 13.6. The summed E-state index contributed by atoms with van der Waals surface area (Å²) in [5.74, 6) is -2.91. The summed E-state index contributed by atoms with van der Waals surface area (Å²) < 4.78 is 51.2. The number of phenols is 1. The zero-order valence-corrected chi connectivity index (χ0v) is 13.3. The number of hydrogen-bond donors (Lipinski definition) is 4. The first-order chi connectivity index (χ1) is 12.7. The third-order valence-electron chi connectivity index (χ3n) is 3.61. The van der Waals surface area contributed by atoms with Crippen LogP contribution in [0.1, 0.15) is 15.9 Å². The molecule has 0 unspecified atom stereocenters. The van der Waals surface area contributed by atoms with Gasteiger partial charge in [-0.2, -0.15) is 18.3 Å². The van der Waals surface area contributed by atoms with Crippen molar-refractivity contribution in [2.75, 3.05) is 11.1 Å². The Kier molecular flexibility index (Phi) is 4.44. The number of hydrogen-bond acceptors (Lipinski definition) is 5. The maximum atomic E-state index is 13.6. The molecule has 0 aliphatic carbocycles. The van der Waals surface area contributed by atoms with Gasteiger partial charge in [0.2, 0.25) is 0 Å². The van der Waals surface area contributed by atoms with Crippen LogP contribution in [0.3, 0.4) is 0 Å². The lowest BCUT2D eigenvalue weighted by atomic mass is 10.1. The smallest absolute Gasteiger partial charge is 0.417 e. The van der Waals surface area contributed by atoms with Crippen molar-refractivity contribution in [1.82, 2.24) is 15.2 Å². The number of alkyl halides is 3. The van der Waals surface area contributed by atoms with Crippen LogP contribution in [0.2, 0.25) is 0 Å². The molecule has 140 valence electrons. The predicted octanol–water partition coefficient (Wildman–Crippen LogP) is 3.17. The third kappa shape index (κ3) is 3.52. The van der Waals surface area contributed by atoms with Crippen LogP contribution in [0.15, 0.2) is 36.5 Å². The van der Waals surface area contributed by atoms with Crippen molar-refractivity contribution in [3.8, 4) is 17.0 Å². The largest absolute Gasteiger partial charge is 0.504 e. The third-order valence-corrected chi connectivity index (χ3v) is 3.61. The second-order valence-corrected chi connectivity index (χ2v) is 5.38. The summed E-state index contributed by atoms with van der Waals surface area (Å²) in [7, 11) is 0. The Bertz CT molecular complexity index is 999. The van der Waals surface area contributed by atoms with Gasteiger partial charge < -0.3 is 16.2 Å². The highest BCUT2D eigenvalue weighted by atomic mass is 19.4. The number of carbonyl (C=O) groups excluding carboxylic acids is 1. The van der Waals surface area contributed by atoms with Gasteiger partial charge in [0.25, 0.3) is 5.91 Å². The van der Waals surface area contributed by atoms with Gasteiger partial charge in [-0.1, -0.05) is 6.07 Å². The monoisotopic (exact) mass is 381 g/mol. The van der Waals surface area contributed by atoms with E-state index in [9.17, 15) is 27.5 Å².